The molecule has 0 aliphatic carbocycles. The number of amides is 1. The number of benzene rings is 1. The molecular formula is C13H20FN3O2. The van der Waals surface area contributed by atoms with Crippen molar-refractivity contribution in [3.8, 4) is 0 Å². The lowest BCUT2D eigenvalue weighted by atomic mass is 10.1. The molecule has 1 aromatic rings. The lowest BCUT2D eigenvalue weighted by molar-refractivity contribution is 0.0326. The first-order chi connectivity index (χ1) is 8.69. The van der Waals surface area contributed by atoms with Gasteiger partial charge in [-0.05, 0) is 39.2 Å². The lowest BCUT2D eigenvalue weighted by Gasteiger charge is -2.27. The first-order valence-electron chi connectivity index (χ1n) is 5.91. The van der Waals surface area contributed by atoms with Gasteiger partial charge in [0.15, 0.2) is 0 Å². The van der Waals surface area contributed by atoms with Crippen molar-refractivity contribution in [2.75, 3.05) is 32.9 Å². The van der Waals surface area contributed by atoms with Gasteiger partial charge in [0.2, 0.25) is 0 Å². The average molecular weight is 269 g/mol. The second-order valence-electron chi connectivity index (χ2n) is 5.19. The lowest BCUT2D eigenvalue weighted by Crippen LogP contribution is -2.47. The van der Waals surface area contributed by atoms with Gasteiger partial charge in [0.1, 0.15) is 5.82 Å². The summed E-state index contributed by atoms with van der Waals surface area (Å²) in [7, 11) is 3.65. The van der Waals surface area contributed by atoms with Gasteiger partial charge in [0, 0.05) is 24.3 Å². The smallest absolute Gasteiger partial charge is 0.251 e. The number of nitrogens with one attached hydrogen (secondary N) is 1. The van der Waals surface area contributed by atoms with E-state index in [-0.39, 0.29) is 17.8 Å². The van der Waals surface area contributed by atoms with E-state index >= 15 is 0 Å². The molecule has 0 heterocycles. The highest BCUT2D eigenvalue weighted by atomic mass is 19.1. The van der Waals surface area contributed by atoms with Crippen LogP contribution in [0.2, 0.25) is 0 Å². The van der Waals surface area contributed by atoms with Gasteiger partial charge in [-0.25, -0.2) is 4.39 Å². The van der Waals surface area contributed by atoms with Gasteiger partial charge in [0.05, 0.1) is 5.60 Å². The van der Waals surface area contributed by atoms with Crippen molar-refractivity contribution in [1.82, 2.24) is 10.2 Å². The first kappa shape index (κ1) is 15.4. The van der Waals surface area contributed by atoms with Gasteiger partial charge < -0.3 is 21.1 Å². The molecule has 1 amide bonds. The maximum atomic E-state index is 13.1. The zero-order chi connectivity index (χ0) is 14.6. The highest BCUT2D eigenvalue weighted by molar-refractivity contribution is 5.95. The highest BCUT2D eigenvalue weighted by Gasteiger charge is 2.22. The Morgan fingerprint density at radius 1 is 1.47 bits per heavy atom. The van der Waals surface area contributed by atoms with E-state index in [9.17, 15) is 14.3 Å². The third-order valence-electron chi connectivity index (χ3n) is 2.47. The van der Waals surface area contributed by atoms with Crippen molar-refractivity contribution in [2.24, 2.45) is 0 Å². The number of aliphatic hydroxyl groups is 1. The third kappa shape index (κ3) is 5.23. The van der Waals surface area contributed by atoms with Crippen LogP contribution < -0.4 is 11.1 Å². The van der Waals surface area contributed by atoms with Crippen LogP contribution in [0.5, 0.6) is 0 Å². The quantitative estimate of drug-likeness (QED) is 0.678. The van der Waals surface area contributed by atoms with Gasteiger partial charge >= 0.3 is 0 Å². The number of halogens is 1. The molecule has 0 saturated carbocycles. The SMILES string of the molecule is CN(C)CC(C)(O)CNC(=O)c1cc(N)cc(F)c1. The fourth-order valence-corrected chi connectivity index (χ4v) is 1.85. The number of nitrogen functional groups attached to an aromatic ring is 1. The largest absolute Gasteiger partial charge is 0.399 e. The van der Waals surface area contributed by atoms with E-state index in [0.29, 0.717) is 6.54 Å². The van der Waals surface area contributed by atoms with E-state index in [1.165, 1.54) is 6.07 Å². The molecule has 0 fully saturated rings. The number of hydrogen-bond acceptors (Lipinski definition) is 4. The number of carbonyl (C=O) groups is 1. The van der Waals surface area contributed by atoms with Crippen LogP contribution >= 0.6 is 0 Å². The van der Waals surface area contributed by atoms with Crippen LogP contribution in [0.1, 0.15) is 17.3 Å². The van der Waals surface area contributed by atoms with E-state index in [2.05, 4.69) is 5.32 Å². The Hall–Kier alpha value is -1.66. The van der Waals surface area contributed by atoms with Crippen LogP contribution in [0.4, 0.5) is 10.1 Å². The Morgan fingerprint density at radius 3 is 2.63 bits per heavy atom. The van der Waals surface area contributed by atoms with Crippen LogP contribution in [-0.4, -0.2) is 48.7 Å². The molecule has 1 rings (SSSR count). The maximum absolute atomic E-state index is 13.1. The van der Waals surface area contributed by atoms with Crippen molar-refractivity contribution in [1.29, 1.82) is 0 Å². The molecule has 0 radical (unpaired) electrons. The summed E-state index contributed by atoms with van der Waals surface area (Å²) in [6.07, 6.45) is 0. The number of likely N-dealkylation sites (N-methyl/N-ethyl adjacent to an activating group) is 1. The summed E-state index contributed by atoms with van der Waals surface area (Å²) >= 11 is 0. The Morgan fingerprint density at radius 2 is 2.11 bits per heavy atom. The first-order valence-corrected chi connectivity index (χ1v) is 5.91. The molecule has 0 aromatic heterocycles. The van der Waals surface area contributed by atoms with E-state index in [1.54, 1.807) is 6.92 Å². The van der Waals surface area contributed by atoms with E-state index in [4.69, 9.17) is 5.73 Å². The molecule has 0 bridgehead atoms. The average Bonchev–Trinajstić information content (AvgIpc) is 2.22. The standard InChI is InChI=1S/C13H20FN3O2/c1-13(19,8-17(2)3)7-16-12(18)9-4-10(14)6-11(15)5-9/h4-6,19H,7-8,15H2,1-3H3,(H,16,18). The summed E-state index contributed by atoms with van der Waals surface area (Å²) in [6, 6.07) is 3.63. The van der Waals surface area contributed by atoms with E-state index in [1.807, 2.05) is 19.0 Å². The molecule has 19 heavy (non-hydrogen) atoms. The molecule has 106 valence electrons. The minimum atomic E-state index is -1.06. The van der Waals surface area contributed by atoms with Crippen molar-refractivity contribution in [3.63, 3.8) is 0 Å². The maximum Gasteiger partial charge on any atom is 0.251 e. The number of nitrogens with zero attached hydrogens (tertiary/aromatic N) is 1. The number of nitrogens with two attached hydrogens (primary N) is 1. The second kappa shape index (κ2) is 5.99. The molecule has 4 N–H and O–H groups in total. The molecule has 5 nitrogen and oxygen atoms in total. The predicted molar refractivity (Wildman–Crippen MR) is 72.3 cm³/mol. The van der Waals surface area contributed by atoms with Crippen molar-refractivity contribution in [3.05, 3.63) is 29.6 Å². The summed E-state index contributed by atoms with van der Waals surface area (Å²) in [6.45, 7) is 2.09. The zero-order valence-corrected chi connectivity index (χ0v) is 11.4. The molecule has 0 spiro atoms. The summed E-state index contributed by atoms with van der Waals surface area (Å²) in [5.74, 6) is -1.03. The molecule has 0 aliphatic heterocycles. The molecule has 0 saturated heterocycles. The molecule has 0 aliphatic rings. The van der Waals surface area contributed by atoms with Crippen molar-refractivity contribution >= 4 is 11.6 Å². The molecule has 6 heteroatoms. The monoisotopic (exact) mass is 269 g/mol. The van der Waals surface area contributed by atoms with Crippen LogP contribution in [0.25, 0.3) is 0 Å². The number of carbonyl (C=O) groups excluding carboxylic acids is 1. The zero-order valence-electron chi connectivity index (χ0n) is 11.4. The molecule has 1 aromatic carbocycles. The minimum Gasteiger partial charge on any atom is -0.399 e. The fourth-order valence-electron chi connectivity index (χ4n) is 1.85. The Labute approximate surface area is 112 Å². The van der Waals surface area contributed by atoms with Gasteiger partial charge in [0.25, 0.3) is 5.91 Å². The van der Waals surface area contributed by atoms with Gasteiger partial charge in [-0.2, -0.15) is 0 Å². The Balaban J connectivity index is 2.65. The fraction of sp³-hybridized carbons (Fsp3) is 0.462. The molecule has 1 unspecified atom stereocenters. The highest BCUT2D eigenvalue weighted by Crippen LogP contribution is 2.11. The Kier molecular flexibility index (Phi) is 4.85. The van der Waals surface area contributed by atoms with E-state index in [0.717, 1.165) is 12.1 Å². The predicted octanol–water partition coefficient (Wildman–Crippen LogP) is 0.450. The van der Waals surface area contributed by atoms with Crippen LogP contribution in [0.15, 0.2) is 18.2 Å². The summed E-state index contributed by atoms with van der Waals surface area (Å²) in [5.41, 5.74) is 4.73. The third-order valence-corrected chi connectivity index (χ3v) is 2.47. The molecule has 1 atom stereocenters. The van der Waals surface area contributed by atoms with Crippen LogP contribution in [0, 0.1) is 5.82 Å². The summed E-state index contributed by atoms with van der Waals surface area (Å²) in [4.78, 5) is 13.6. The minimum absolute atomic E-state index is 0.0699. The van der Waals surface area contributed by atoms with Crippen molar-refractivity contribution in [2.45, 2.75) is 12.5 Å². The summed E-state index contributed by atoms with van der Waals surface area (Å²) < 4.78 is 13.1. The van der Waals surface area contributed by atoms with Gasteiger partial charge in [-0.1, -0.05) is 0 Å². The Bertz CT molecular complexity index is 441. The number of anilines is 1. The van der Waals surface area contributed by atoms with Crippen LogP contribution in [0.3, 0.4) is 0 Å². The molecular weight excluding hydrogens is 249 g/mol. The normalized spacial score (nSPS) is 14.2. The topological polar surface area (TPSA) is 78.6 Å². The van der Waals surface area contributed by atoms with E-state index < -0.39 is 17.3 Å². The second-order valence-corrected chi connectivity index (χ2v) is 5.19. The summed E-state index contributed by atoms with van der Waals surface area (Å²) in [5, 5.41) is 12.6. The number of hydrogen-bond donors (Lipinski definition) is 3. The van der Waals surface area contributed by atoms with Crippen molar-refractivity contribution < 1.29 is 14.3 Å². The van der Waals surface area contributed by atoms with Gasteiger partial charge in [-0.15, -0.1) is 0 Å². The van der Waals surface area contributed by atoms with Crippen LogP contribution in [-0.2, 0) is 0 Å². The number of rotatable bonds is 5. The van der Waals surface area contributed by atoms with Gasteiger partial charge in [-0.3, -0.25) is 4.79 Å².